The lowest BCUT2D eigenvalue weighted by Crippen LogP contribution is -2.29. The van der Waals surface area contributed by atoms with Gasteiger partial charge in [0.25, 0.3) is 0 Å². The molecule has 2 N–H and O–H groups in total. The number of nitrogens with zero attached hydrogens (tertiary/aromatic N) is 8. The molecule has 0 amide bonds. The zero-order chi connectivity index (χ0) is 37.6. The van der Waals surface area contributed by atoms with E-state index in [1.54, 1.807) is 28.9 Å². The Hall–Kier alpha value is -3.90. The van der Waals surface area contributed by atoms with Crippen molar-refractivity contribution < 1.29 is 19.8 Å². The summed E-state index contributed by atoms with van der Waals surface area (Å²) in [6, 6.07) is 10.5. The molecule has 0 aliphatic heterocycles. The molecule has 0 spiro atoms. The standard InChI is InChI=1S/C24H40N4O2.C16H24N4O2/c1-3-5-7-9-11-13-18-27(19-14-12-10-8-6-4-2)20-28-22-17-15-16-21(24(29)30)23(22)25-26-28;1-3-5-10-19(11-6-4-2)12-20-14-9-7-8-13(16(21)22)15(14)17-18-20/h15-17H,3-14,18-20H2,1-2H3,(H,29,30);7-9H,3-6,10-12H2,1-2H3,(H,21,22). The van der Waals surface area contributed by atoms with Crippen molar-refractivity contribution in [3.05, 3.63) is 47.5 Å². The van der Waals surface area contributed by atoms with Gasteiger partial charge in [-0.25, -0.2) is 19.0 Å². The molecule has 0 aliphatic carbocycles. The molecule has 2 heterocycles. The van der Waals surface area contributed by atoms with E-state index in [2.05, 4.69) is 58.1 Å². The smallest absolute Gasteiger partial charge is 0.338 e. The summed E-state index contributed by atoms with van der Waals surface area (Å²) in [6.45, 7) is 14.4. The SMILES string of the molecule is CCCCCCCCN(CCCCCCCC)Cn1nnc2c(C(=O)O)cccc21.CCCCN(CCCC)Cn1nnc2c(C(=O)O)cccc21. The van der Waals surface area contributed by atoms with E-state index in [1.807, 2.05) is 16.8 Å². The number of unbranched alkanes of at least 4 members (excludes halogenated alkanes) is 12. The second kappa shape index (κ2) is 24.4. The summed E-state index contributed by atoms with van der Waals surface area (Å²) < 4.78 is 3.66. The molecule has 0 fully saturated rings. The van der Waals surface area contributed by atoms with Crippen molar-refractivity contribution >= 4 is 34.0 Å². The Labute approximate surface area is 310 Å². The van der Waals surface area contributed by atoms with Gasteiger partial charge in [-0.3, -0.25) is 9.80 Å². The van der Waals surface area contributed by atoms with Crippen LogP contribution >= 0.6 is 0 Å². The summed E-state index contributed by atoms with van der Waals surface area (Å²) in [6.07, 6.45) is 20.1. The van der Waals surface area contributed by atoms with Crippen LogP contribution in [0.15, 0.2) is 36.4 Å². The zero-order valence-corrected chi connectivity index (χ0v) is 32.3. The minimum atomic E-state index is -0.966. The Morgan fingerprint density at radius 3 is 1.23 bits per heavy atom. The minimum absolute atomic E-state index is 0.206. The second-order valence-electron chi connectivity index (χ2n) is 13.9. The topological polar surface area (TPSA) is 142 Å². The zero-order valence-electron chi connectivity index (χ0n) is 32.3. The number of fused-ring (bicyclic) bond motifs is 2. The molecule has 12 heteroatoms. The van der Waals surface area contributed by atoms with E-state index >= 15 is 0 Å². The van der Waals surface area contributed by atoms with Gasteiger partial charge in [0.2, 0.25) is 0 Å². The molecule has 288 valence electrons. The van der Waals surface area contributed by atoms with Crippen LogP contribution in [0.1, 0.15) is 151 Å². The molecule has 0 radical (unpaired) electrons. The Bertz CT molecular complexity index is 1580. The Balaban J connectivity index is 0.000000294. The largest absolute Gasteiger partial charge is 0.478 e. The molecule has 4 aromatic rings. The molecular formula is C40H64N8O4. The maximum absolute atomic E-state index is 11.5. The Kier molecular flexibility index (Phi) is 19.9. The van der Waals surface area contributed by atoms with E-state index < -0.39 is 11.9 Å². The van der Waals surface area contributed by atoms with Gasteiger partial charge in [-0.1, -0.05) is 127 Å². The summed E-state index contributed by atoms with van der Waals surface area (Å²) in [5.41, 5.74) is 2.93. The number of hydrogen-bond donors (Lipinski definition) is 2. The highest BCUT2D eigenvalue weighted by Crippen LogP contribution is 2.19. The Morgan fingerprint density at radius 2 is 0.865 bits per heavy atom. The normalized spacial score (nSPS) is 11.5. The molecule has 52 heavy (non-hydrogen) atoms. The molecule has 0 aliphatic rings. The van der Waals surface area contributed by atoms with Gasteiger partial charge in [-0.05, 0) is 76.1 Å². The van der Waals surface area contributed by atoms with Crippen molar-refractivity contribution in [1.82, 2.24) is 39.8 Å². The van der Waals surface area contributed by atoms with Gasteiger partial charge >= 0.3 is 11.9 Å². The number of benzene rings is 2. The first-order valence-electron chi connectivity index (χ1n) is 19.9. The lowest BCUT2D eigenvalue weighted by molar-refractivity contribution is 0.0688. The lowest BCUT2D eigenvalue weighted by Gasteiger charge is -2.22. The van der Waals surface area contributed by atoms with E-state index in [0.717, 1.165) is 62.9 Å². The van der Waals surface area contributed by atoms with Crippen molar-refractivity contribution in [2.75, 3.05) is 26.2 Å². The van der Waals surface area contributed by atoms with Gasteiger partial charge in [-0.15, -0.1) is 10.2 Å². The highest BCUT2D eigenvalue weighted by Gasteiger charge is 2.17. The first kappa shape index (κ1) is 42.5. The number of carboxylic acid groups (broad SMARTS) is 2. The van der Waals surface area contributed by atoms with E-state index in [0.29, 0.717) is 24.4 Å². The van der Waals surface area contributed by atoms with Crippen LogP contribution in [0.2, 0.25) is 0 Å². The average molecular weight is 721 g/mol. The summed E-state index contributed by atoms with van der Waals surface area (Å²) in [4.78, 5) is 27.5. The number of rotatable bonds is 26. The predicted octanol–water partition coefficient (Wildman–Crippen LogP) is 9.10. The molecule has 12 nitrogen and oxygen atoms in total. The molecule has 0 saturated heterocycles. The van der Waals surface area contributed by atoms with Gasteiger partial charge < -0.3 is 10.2 Å². The van der Waals surface area contributed by atoms with Gasteiger partial charge in [0, 0.05) is 0 Å². The van der Waals surface area contributed by atoms with Gasteiger partial charge in [-0.2, -0.15) is 0 Å². The summed E-state index contributed by atoms with van der Waals surface area (Å²) in [7, 11) is 0. The van der Waals surface area contributed by atoms with Crippen molar-refractivity contribution in [1.29, 1.82) is 0 Å². The fraction of sp³-hybridized carbons (Fsp3) is 0.650. The van der Waals surface area contributed by atoms with Crippen molar-refractivity contribution in [2.24, 2.45) is 0 Å². The number of aromatic nitrogens is 6. The van der Waals surface area contributed by atoms with Gasteiger partial charge in [0.15, 0.2) is 0 Å². The highest BCUT2D eigenvalue weighted by molar-refractivity contribution is 6.01. The first-order chi connectivity index (χ1) is 25.3. The predicted molar refractivity (Wildman–Crippen MR) is 209 cm³/mol. The van der Waals surface area contributed by atoms with Crippen LogP contribution in [-0.4, -0.2) is 88.1 Å². The van der Waals surface area contributed by atoms with Crippen LogP contribution in [0.3, 0.4) is 0 Å². The summed E-state index contributed by atoms with van der Waals surface area (Å²) in [5, 5.41) is 35.3. The quantitative estimate of drug-likeness (QED) is 0.0603. The number of carbonyl (C=O) groups is 2. The molecule has 2 aromatic carbocycles. The molecule has 0 saturated carbocycles. The number of carboxylic acids is 2. The van der Waals surface area contributed by atoms with Crippen LogP contribution in [0, 0.1) is 0 Å². The average Bonchev–Trinajstić information content (AvgIpc) is 3.76. The molecule has 0 unspecified atom stereocenters. The first-order valence-corrected chi connectivity index (χ1v) is 19.9. The maximum atomic E-state index is 11.5. The molecule has 2 aromatic heterocycles. The third kappa shape index (κ3) is 13.9. The monoisotopic (exact) mass is 721 g/mol. The molecule has 0 atom stereocenters. The minimum Gasteiger partial charge on any atom is -0.478 e. The van der Waals surface area contributed by atoms with E-state index in [4.69, 9.17) is 0 Å². The van der Waals surface area contributed by atoms with Crippen LogP contribution in [0.25, 0.3) is 22.1 Å². The molecular weight excluding hydrogens is 656 g/mol. The maximum Gasteiger partial charge on any atom is 0.338 e. The lowest BCUT2D eigenvalue weighted by atomic mass is 10.1. The summed E-state index contributed by atoms with van der Waals surface area (Å²) >= 11 is 0. The van der Waals surface area contributed by atoms with Crippen molar-refractivity contribution in [2.45, 2.75) is 144 Å². The fourth-order valence-electron chi connectivity index (χ4n) is 6.42. The van der Waals surface area contributed by atoms with Crippen LogP contribution in [0.5, 0.6) is 0 Å². The third-order valence-electron chi connectivity index (χ3n) is 9.53. The fourth-order valence-corrected chi connectivity index (χ4v) is 6.42. The van der Waals surface area contributed by atoms with Crippen LogP contribution in [-0.2, 0) is 13.3 Å². The van der Waals surface area contributed by atoms with E-state index in [1.165, 1.54) is 77.0 Å². The third-order valence-corrected chi connectivity index (χ3v) is 9.53. The van der Waals surface area contributed by atoms with Crippen molar-refractivity contribution in [3.8, 4) is 0 Å². The van der Waals surface area contributed by atoms with E-state index in [-0.39, 0.29) is 11.1 Å². The van der Waals surface area contributed by atoms with Gasteiger partial charge in [0.05, 0.1) is 35.5 Å². The number of hydrogen-bond acceptors (Lipinski definition) is 8. The highest BCUT2D eigenvalue weighted by atomic mass is 16.4. The Morgan fingerprint density at radius 1 is 0.519 bits per heavy atom. The number of aromatic carboxylic acids is 2. The van der Waals surface area contributed by atoms with Gasteiger partial charge in [0.1, 0.15) is 11.0 Å². The van der Waals surface area contributed by atoms with Crippen molar-refractivity contribution in [3.63, 3.8) is 0 Å². The van der Waals surface area contributed by atoms with Crippen LogP contribution < -0.4 is 0 Å². The van der Waals surface area contributed by atoms with Crippen LogP contribution in [0.4, 0.5) is 0 Å². The molecule has 4 rings (SSSR count). The second-order valence-corrected chi connectivity index (χ2v) is 13.9. The van der Waals surface area contributed by atoms with E-state index in [9.17, 15) is 19.8 Å². The molecule has 0 bridgehead atoms. The summed E-state index contributed by atoms with van der Waals surface area (Å²) in [5.74, 6) is -1.92.